The van der Waals surface area contributed by atoms with E-state index < -0.39 is 0 Å². The van der Waals surface area contributed by atoms with Crippen molar-refractivity contribution in [3.8, 4) is 0 Å². The van der Waals surface area contributed by atoms with Crippen molar-refractivity contribution in [1.29, 1.82) is 0 Å². The summed E-state index contributed by atoms with van der Waals surface area (Å²) in [5.41, 5.74) is 3.09. The molecule has 0 unspecified atom stereocenters. The van der Waals surface area contributed by atoms with Crippen molar-refractivity contribution in [1.82, 2.24) is 10.3 Å². The van der Waals surface area contributed by atoms with E-state index in [2.05, 4.69) is 15.6 Å². The lowest BCUT2D eigenvalue weighted by Gasteiger charge is -2.22. The molecule has 0 spiro atoms. The van der Waals surface area contributed by atoms with Gasteiger partial charge >= 0.3 is 0 Å². The molecule has 0 saturated carbocycles. The molecule has 150 valence electrons. The zero-order valence-corrected chi connectivity index (χ0v) is 16.7. The molecule has 1 aliphatic rings. The second-order valence-electron chi connectivity index (χ2n) is 7.66. The van der Waals surface area contributed by atoms with Gasteiger partial charge in [-0.2, -0.15) is 0 Å². The van der Waals surface area contributed by atoms with Crippen LogP contribution in [0.25, 0.3) is 0 Å². The predicted octanol–water partition coefficient (Wildman–Crippen LogP) is 4.55. The van der Waals surface area contributed by atoms with Crippen LogP contribution in [0.5, 0.6) is 0 Å². The normalized spacial score (nSPS) is 14.9. The molecular weight excluding hydrogens is 357 g/mol. The number of hydrogen-bond donors (Lipinski definition) is 2. The van der Waals surface area contributed by atoms with Gasteiger partial charge in [0.1, 0.15) is 11.6 Å². The third kappa shape index (κ3) is 5.07. The van der Waals surface area contributed by atoms with E-state index in [1.807, 2.05) is 26.8 Å². The van der Waals surface area contributed by atoms with Gasteiger partial charge in [-0.15, -0.1) is 0 Å². The summed E-state index contributed by atoms with van der Waals surface area (Å²) in [5.74, 6) is 0.807. The average Bonchev–Trinajstić information content (AvgIpc) is 2.69. The number of hydrogen-bond acceptors (Lipinski definition) is 4. The van der Waals surface area contributed by atoms with E-state index in [1.54, 1.807) is 12.3 Å². The maximum Gasteiger partial charge on any atom is 0.253 e. The number of ether oxygens (including phenoxy) is 1. The first-order valence-corrected chi connectivity index (χ1v) is 9.83. The molecule has 1 aromatic carbocycles. The standard InChI is InChI=1S/C22H28FN3O2/c1-14(2)18-11-21(26-20-10-17(23)5-4-15(20)3)24-13-19(18)22(27)25-12-16-6-8-28-9-7-16/h4-5,10-11,13-14,16H,6-9,12H2,1-3H3,(H,24,26)(H,25,27). The van der Waals surface area contributed by atoms with Gasteiger partial charge in [0, 0.05) is 31.6 Å². The number of amides is 1. The second kappa shape index (κ2) is 9.15. The van der Waals surface area contributed by atoms with Crippen LogP contribution in [-0.2, 0) is 4.74 Å². The predicted molar refractivity (Wildman–Crippen MR) is 109 cm³/mol. The van der Waals surface area contributed by atoms with Crippen LogP contribution < -0.4 is 10.6 Å². The molecule has 2 aromatic rings. The molecule has 3 rings (SSSR count). The van der Waals surface area contributed by atoms with Crippen molar-refractivity contribution in [2.24, 2.45) is 5.92 Å². The van der Waals surface area contributed by atoms with E-state index in [4.69, 9.17) is 4.74 Å². The minimum Gasteiger partial charge on any atom is -0.381 e. The first kappa shape index (κ1) is 20.3. The van der Waals surface area contributed by atoms with Crippen LogP contribution in [0.15, 0.2) is 30.5 Å². The smallest absolute Gasteiger partial charge is 0.253 e. The molecule has 1 saturated heterocycles. The average molecular weight is 385 g/mol. The summed E-state index contributed by atoms with van der Waals surface area (Å²) < 4.78 is 18.9. The first-order chi connectivity index (χ1) is 13.4. The van der Waals surface area contributed by atoms with Crippen molar-refractivity contribution in [3.05, 3.63) is 53.0 Å². The maximum absolute atomic E-state index is 13.5. The number of nitrogens with zero attached hydrogens (tertiary/aromatic N) is 1. The lowest BCUT2D eigenvalue weighted by atomic mass is 9.97. The quantitative estimate of drug-likeness (QED) is 0.766. The van der Waals surface area contributed by atoms with Gasteiger partial charge < -0.3 is 15.4 Å². The summed E-state index contributed by atoms with van der Waals surface area (Å²) in [7, 11) is 0. The Morgan fingerprint density at radius 1 is 1.29 bits per heavy atom. The Hall–Kier alpha value is -2.47. The number of carbonyl (C=O) groups is 1. The maximum atomic E-state index is 13.5. The molecule has 0 radical (unpaired) electrons. The van der Waals surface area contributed by atoms with Gasteiger partial charge in [-0.3, -0.25) is 4.79 Å². The number of pyridine rings is 1. The molecule has 5 nitrogen and oxygen atoms in total. The third-order valence-corrected chi connectivity index (χ3v) is 5.16. The lowest BCUT2D eigenvalue weighted by molar-refractivity contribution is 0.0642. The number of benzene rings is 1. The molecule has 0 bridgehead atoms. The number of aromatic nitrogens is 1. The van der Waals surface area contributed by atoms with E-state index >= 15 is 0 Å². The van der Waals surface area contributed by atoms with Gasteiger partial charge in [0.05, 0.1) is 5.56 Å². The lowest BCUT2D eigenvalue weighted by Crippen LogP contribution is -2.32. The number of aryl methyl sites for hydroxylation is 1. The van der Waals surface area contributed by atoms with Crippen molar-refractivity contribution in [3.63, 3.8) is 0 Å². The van der Waals surface area contributed by atoms with E-state index in [0.29, 0.717) is 29.5 Å². The molecule has 0 aliphatic carbocycles. The highest BCUT2D eigenvalue weighted by molar-refractivity contribution is 5.96. The number of anilines is 2. The molecule has 1 amide bonds. The van der Waals surface area contributed by atoms with Crippen molar-refractivity contribution >= 4 is 17.4 Å². The molecule has 1 aromatic heterocycles. The summed E-state index contributed by atoms with van der Waals surface area (Å²) in [4.78, 5) is 17.1. The molecular formula is C22H28FN3O2. The minimum atomic E-state index is -0.304. The number of carbonyl (C=O) groups excluding carboxylic acids is 1. The third-order valence-electron chi connectivity index (χ3n) is 5.16. The number of halogens is 1. The summed E-state index contributed by atoms with van der Waals surface area (Å²) in [6, 6.07) is 6.47. The van der Waals surface area contributed by atoms with Crippen LogP contribution in [0.1, 0.15) is 54.1 Å². The molecule has 1 aliphatic heterocycles. The van der Waals surface area contributed by atoms with Gasteiger partial charge in [0.2, 0.25) is 0 Å². The Kier molecular flexibility index (Phi) is 6.62. The fourth-order valence-electron chi connectivity index (χ4n) is 3.36. The van der Waals surface area contributed by atoms with Gasteiger partial charge in [-0.1, -0.05) is 19.9 Å². The highest BCUT2D eigenvalue weighted by Crippen LogP contribution is 2.26. The Morgan fingerprint density at radius 2 is 2.04 bits per heavy atom. The fourth-order valence-corrected chi connectivity index (χ4v) is 3.36. The van der Waals surface area contributed by atoms with Gasteiger partial charge in [0.25, 0.3) is 5.91 Å². The largest absolute Gasteiger partial charge is 0.381 e. The topological polar surface area (TPSA) is 63.2 Å². The van der Waals surface area contributed by atoms with Crippen LogP contribution in [0.2, 0.25) is 0 Å². The molecule has 0 atom stereocenters. The van der Waals surface area contributed by atoms with Crippen LogP contribution in [0.3, 0.4) is 0 Å². The first-order valence-electron chi connectivity index (χ1n) is 9.83. The monoisotopic (exact) mass is 385 g/mol. The SMILES string of the molecule is Cc1ccc(F)cc1Nc1cc(C(C)C)c(C(=O)NCC2CCOCC2)cn1. The fraction of sp³-hybridized carbons (Fsp3) is 0.455. The summed E-state index contributed by atoms with van der Waals surface area (Å²) in [5, 5.41) is 6.21. The zero-order chi connectivity index (χ0) is 20.1. The number of rotatable bonds is 6. The van der Waals surface area contributed by atoms with Crippen molar-refractivity contribution in [2.75, 3.05) is 25.1 Å². The highest BCUT2D eigenvalue weighted by Gasteiger charge is 2.19. The van der Waals surface area contributed by atoms with Crippen LogP contribution in [0, 0.1) is 18.7 Å². The van der Waals surface area contributed by atoms with Crippen LogP contribution in [-0.4, -0.2) is 30.6 Å². The Labute approximate surface area is 165 Å². The molecule has 2 heterocycles. The van der Waals surface area contributed by atoms with Gasteiger partial charge in [0.15, 0.2) is 0 Å². The Balaban J connectivity index is 1.74. The second-order valence-corrected chi connectivity index (χ2v) is 7.66. The van der Waals surface area contributed by atoms with E-state index in [-0.39, 0.29) is 17.6 Å². The minimum absolute atomic E-state index is 0.101. The Bertz CT molecular complexity index is 833. The van der Waals surface area contributed by atoms with Crippen LogP contribution in [0.4, 0.5) is 15.9 Å². The van der Waals surface area contributed by atoms with E-state index in [1.165, 1.54) is 12.1 Å². The summed E-state index contributed by atoms with van der Waals surface area (Å²) in [6.45, 7) is 8.17. The number of nitrogens with one attached hydrogen (secondary N) is 2. The summed E-state index contributed by atoms with van der Waals surface area (Å²) in [6.07, 6.45) is 3.56. The zero-order valence-electron chi connectivity index (χ0n) is 16.7. The molecule has 1 fully saturated rings. The molecule has 28 heavy (non-hydrogen) atoms. The van der Waals surface area contributed by atoms with Crippen molar-refractivity contribution in [2.45, 2.75) is 39.5 Å². The highest BCUT2D eigenvalue weighted by atomic mass is 19.1. The van der Waals surface area contributed by atoms with Gasteiger partial charge in [-0.25, -0.2) is 9.37 Å². The van der Waals surface area contributed by atoms with Crippen molar-refractivity contribution < 1.29 is 13.9 Å². The van der Waals surface area contributed by atoms with E-state index in [9.17, 15) is 9.18 Å². The molecule has 2 N–H and O–H groups in total. The van der Waals surface area contributed by atoms with Crippen LogP contribution >= 0.6 is 0 Å². The van der Waals surface area contributed by atoms with E-state index in [0.717, 1.165) is 37.2 Å². The Morgan fingerprint density at radius 3 is 2.75 bits per heavy atom. The molecule has 6 heteroatoms. The summed E-state index contributed by atoms with van der Waals surface area (Å²) >= 11 is 0. The van der Waals surface area contributed by atoms with Gasteiger partial charge in [-0.05, 0) is 60.9 Å².